The normalized spacial score (nSPS) is 12.0. The molecule has 0 spiro atoms. The fraction of sp³-hybridized carbons (Fsp3) is 0.222. The second kappa shape index (κ2) is 9.27. The van der Waals surface area contributed by atoms with E-state index in [0.717, 1.165) is 36.3 Å². The van der Waals surface area contributed by atoms with E-state index in [1.807, 2.05) is 24.5 Å². The van der Waals surface area contributed by atoms with Crippen molar-refractivity contribution in [3.63, 3.8) is 0 Å². The summed E-state index contributed by atoms with van der Waals surface area (Å²) in [6.07, 6.45) is 1.88. The van der Waals surface area contributed by atoms with Gasteiger partial charge in [0, 0.05) is 23.9 Å². The van der Waals surface area contributed by atoms with Crippen LogP contribution in [-0.2, 0) is 16.0 Å². The third kappa shape index (κ3) is 4.47. The Bertz CT molecular complexity index is 733. The van der Waals surface area contributed by atoms with E-state index >= 15 is 0 Å². The number of aryl methyl sites for hydroxylation is 2. The fourth-order valence-corrected chi connectivity index (χ4v) is 2.83. The first kappa shape index (κ1) is 20.0. The molecule has 1 heterocycles. The van der Waals surface area contributed by atoms with Crippen molar-refractivity contribution in [1.29, 1.82) is 0 Å². The van der Waals surface area contributed by atoms with E-state index in [4.69, 9.17) is 9.59 Å². The Kier molecular flexibility index (Phi) is 7.40. The van der Waals surface area contributed by atoms with Crippen molar-refractivity contribution in [3.05, 3.63) is 63.5 Å². The van der Waals surface area contributed by atoms with Gasteiger partial charge in [0.15, 0.2) is 0 Å². The lowest BCUT2D eigenvalue weighted by Gasteiger charge is -2.31. The molecule has 132 valence electrons. The largest absolute Gasteiger partial charge is 0.341 e. The molecule has 3 rings (SSSR count). The predicted octanol–water partition coefficient (Wildman–Crippen LogP) is 3.76. The number of carbonyl (C=O) groups excluding carboxylic acids is 2. The lowest BCUT2D eigenvalue weighted by atomic mass is 9.98. The van der Waals surface area contributed by atoms with Crippen LogP contribution < -0.4 is 4.90 Å². The number of fused-ring (bicyclic) bond motifs is 1. The lowest BCUT2D eigenvalue weighted by molar-refractivity contribution is -0.385. The maximum atomic E-state index is 13.1. The number of hydrogen-bond acceptors (Lipinski definition) is 5. The van der Waals surface area contributed by atoms with E-state index in [2.05, 4.69) is 0 Å². The van der Waals surface area contributed by atoms with Crippen molar-refractivity contribution in [2.45, 2.75) is 19.8 Å². The minimum atomic E-state index is -0.354. The quantitative estimate of drug-likeness (QED) is 0.611. The number of benzene rings is 2. The number of hydrogen-bond donors (Lipinski definition) is 0. The van der Waals surface area contributed by atoms with E-state index in [-0.39, 0.29) is 16.4 Å². The molecule has 0 aromatic heterocycles. The van der Waals surface area contributed by atoms with E-state index < -0.39 is 0 Å². The first-order valence-electron chi connectivity index (χ1n) is 7.45. The van der Waals surface area contributed by atoms with Crippen molar-refractivity contribution in [2.24, 2.45) is 0 Å². The summed E-state index contributed by atoms with van der Waals surface area (Å²) in [5, 5.41) is 11.1. The molecule has 1 aliphatic rings. The predicted molar refractivity (Wildman–Crippen MR) is 93.8 cm³/mol. The third-order valence-corrected chi connectivity index (χ3v) is 3.85. The molecular weight excluding hydrogens is 327 g/mol. The van der Waals surface area contributed by atoms with Gasteiger partial charge in [0.25, 0.3) is 5.69 Å². The molecule has 0 N–H and O–H groups in total. The van der Waals surface area contributed by atoms with Gasteiger partial charge in [0.05, 0.1) is 10.6 Å². The lowest BCUT2D eigenvalue weighted by Crippen LogP contribution is -2.24. The Morgan fingerprint density at radius 3 is 2.28 bits per heavy atom. The average Bonchev–Trinajstić information content (AvgIpc) is 2.64. The molecule has 2 aromatic rings. The van der Waals surface area contributed by atoms with E-state index in [0.29, 0.717) is 5.56 Å². The Hall–Kier alpha value is -3.09. The Balaban J connectivity index is 0.000000730. The number of carbonyl (C=O) groups is 2. The summed E-state index contributed by atoms with van der Waals surface area (Å²) >= 11 is 0. The zero-order chi connectivity index (χ0) is 19.0. The maximum absolute atomic E-state index is 13.1. The molecule has 6 nitrogen and oxygen atoms in total. The zero-order valence-electron chi connectivity index (χ0n) is 13.9. The number of nitrogens with zero attached hydrogens (tertiary/aromatic N) is 2. The van der Waals surface area contributed by atoms with Crippen LogP contribution in [0.15, 0.2) is 36.4 Å². The molecule has 0 amide bonds. The van der Waals surface area contributed by atoms with E-state index in [1.165, 1.54) is 12.1 Å². The van der Waals surface area contributed by atoms with Crippen LogP contribution in [0.5, 0.6) is 0 Å². The average molecular weight is 346 g/mol. The molecular formula is C18H19FN2O4. The minimum Gasteiger partial charge on any atom is -0.341 e. The van der Waals surface area contributed by atoms with Crippen LogP contribution in [-0.4, -0.2) is 25.0 Å². The zero-order valence-corrected chi connectivity index (χ0v) is 13.9. The van der Waals surface area contributed by atoms with Crippen LogP contribution in [0.3, 0.4) is 0 Å². The maximum Gasteiger partial charge on any atom is 0.274 e. The smallest absolute Gasteiger partial charge is 0.274 e. The third-order valence-electron chi connectivity index (χ3n) is 3.85. The first-order chi connectivity index (χ1) is 12.1. The van der Waals surface area contributed by atoms with Gasteiger partial charge in [0.1, 0.15) is 19.4 Å². The van der Waals surface area contributed by atoms with Gasteiger partial charge in [-0.25, -0.2) is 4.39 Å². The van der Waals surface area contributed by atoms with Crippen molar-refractivity contribution in [1.82, 2.24) is 0 Å². The molecule has 0 atom stereocenters. The summed E-state index contributed by atoms with van der Waals surface area (Å²) in [7, 11) is 0. The van der Waals surface area contributed by atoms with Gasteiger partial charge in [-0.15, -0.1) is 0 Å². The van der Waals surface area contributed by atoms with Gasteiger partial charge in [-0.05, 0) is 55.7 Å². The topological polar surface area (TPSA) is 80.5 Å². The van der Waals surface area contributed by atoms with Crippen LogP contribution in [0, 0.1) is 22.9 Å². The van der Waals surface area contributed by atoms with Gasteiger partial charge in [0.2, 0.25) is 0 Å². The summed E-state index contributed by atoms with van der Waals surface area (Å²) < 4.78 is 13.1. The number of halogens is 1. The Morgan fingerprint density at radius 2 is 1.72 bits per heavy atom. The Morgan fingerprint density at radius 1 is 1.12 bits per heavy atom. The molecule has 0 fully saturated rings. The highest BCUT2D eigenvalue weighted by Crippen LogP contribution is 2.37. The molecule has 2 aromatic carbocycles. The fourth-order valence-electron chi connectivity index (χ4n) is 2.83. The number of nitro groups is 1. The van der Waals surface area contributed by atoms with Gasteiger partial charge in [-0.3, -0.25) is 10.1 Å². The van der Waals surface area contributed by atoms with Crippen molar-refractivity contribution < 1.29 is 18.9 Å². The molecule has 7 heteroatoms. The molecule has 0 saturated carbocycles. The number of rotatable bonds is 2. The van der Waals surface area contributed by atoms with Gasteiger partial charge < -0.3 is 14.5 Å². The molecule has 0 bridgehead atoms. The van der Waals surface area contributed by atoms with E-state index in [9.17, 15) is 14.5 Å². The SMILES string of the molecule is C=O.C=O.Cc1cc2c(cc1[N+](=O)[O-])N(c1ccc(F)cc1)CCC2. The summed E-state index contributed by atoms with van der Waals surface area (Å²) in [4.78, 5) is 28.8. The van der Waals surface area contributed by atoms with Crippen LogP contribution in [0.25, 0.3) is 0 Å². The van der Waals surface area contributed by atoms with Gasteiger partial charge in [-0.2, -0.15) is 0 Å². The van der Waals surface area contributed by atoms with Crippen molar-refractivity contribution in [2.75, 3.05) is 11.4 Å². The van der Waals surface area contributed by atoms with Crippen molar-refractivity contribution >= 4 is 30.6 Å². The Labute approximate surface area is 145 Å². The van der Waals surface area contributed by atoms with Crippen molar-refractivity contribution in [3.8, 4) is 0 Å². The summed E-state index contributed by atoms with van der Waals surface area (Å²) in [6, 6.07) is 9.75. The molecule has 0 saturated heterocycles. The van der Waals surface area contributed by atoms with Gasteiger partial charge in [-0.1, -0.05) is 0 Å². The van der Waals surface area contributed by atoms with Gasteiger partial charge >= 0.3 is 0 Å². The number of nitro benzene ring substituents is 1. The standard InChI is InChI=1S/C16H15FN2O2.2CH2O/c1-11-9-12-3-2-8-18(14-6-4-13(17)5-7-14)16(12)10-15(11)19(20)21;2*1-2/h4-7,9-10H,2-3,8H2,1H3;2*1H2. The van der Waals surface area contributed by atoms with Crippen LogP contribution in [0.2, 0.25) is 0 Å². The minimum absolute atomic E-state index is 0.128. The molecule has 0 aliphatic carbocycles. The second-order valence-corrected chi connectivity index (χ2v) is 5.26. The van der Waals surface area contributed by atoms with E-state index in [1.54, 1.807) is 25.1 Å². The summed E-state index contributed by atoms with van der Waals surface area (Å²) in [5.41, 5.74) is 3.62. The van der Waals surface area contributed by atoms with Crippen LogP contribution >= 0.6 is 0 Å². The highest BCUT2D eigenvalue weighted by atomic mass is 19.1. The number of anilines is 2. The molecule has 0 unspecified atom stereocenters. The first-order valence-corrected chi connectivity index (χ1v) is 7.45. The summed E-state index contributed by atoms with van der Waals surface area (Å²) in [6.45, 7) is 6.54. The molecule has 1 aliphatic heterocycles. The monoisotopic (exact) mass is 346 g/mol. The molecule has 0 radical (unpaired) electrons. The van der Waals surface area contributed by atoms with Crippen LogP contribution in [0.4, 0.5) is 21.5 Å². The summed E-state index contributed by atoms with van der Waals surface area (Å²) in [5.74, 6) is -0.286. The highest BCUT2D eigenvalue weighted by molar-refractivity contribution is 5.71. The molecule has 25 heavy (non-hydrogen) atoms. The highest BCUT2D eigenvalue weighted by Gasteiger charge is 2.23. The second-order valence-electron chi connectivity index (χ2n) is 5.26. The van der Waals surface area contributed by atoms with Crippen LogP contribution in [0.1, 0.15) is 17.5 Å².